The van der Waals surface area contributed by atoms with Gasteiger partial charge in [-0.1, -0.05) is 18.2 Å². The van der Waals surface area contributed by atoms with Crippen LogP contribution in [0.25, 0.3) is 21.8 Å². The smallest absolute Gasteiger partial charge is 0.328 e. The van der Waals surface area contributed by atoms with E-state index in [1.807, 2.05) is 30.5 Å². The fraction of sp³-hybridized carbons (Fsp3) is 0.217. The van der Waals surface area contributed by atoms with Gasteiger partial charge in [-0.2, -0.15) is 0 Å². The molecule has 0 aliphatic heterocycles. The summed E-state index contributed by atoms with van der Waals surface area (Å²) in [7, 11) is 0. The number of carbonyl (C=O) groups excluding carboxylic acids is 2. The van der Waals surface area contributed by atoms with Crippen LogP contribution in [0.1, 0.15) is 18.1 Å². The summed E-state index contributed by atoms with van der Waals surface area (Å²) in [4.78, 5) is 31.4. The second-order valence-corrected chi connectivity index (χ2v) is 7.12. The van der Waals surface area contributed by atoms with Crippen molar-refractivity contribution in [3.63, 3.8) is 0 Å². The van der Waals surface area contributed by atoms with E-state index < -0.39 is 12.0 Å². The molecule has 0 radical (unpaired) electrons. The predicted molar refractivity (Wildman–Crippen MR) is 113 cm³/mol. The maximum atomic E-state index is 13.4. The summed E-state index contributed by atoms with van der Waals surface area (Å²) in [6, 6.07) is 11.4. The molecule has 6 nitrogen and oxygen atoms in total. The molecule has 1 amide bonds. The van der Waals surface area contributed by atoms with Gasteiger partial charge in [-0.15, -0.1) is 0 Å². The van der Waals surface area contributed by atoms with Crippen LogP contribution < -0.4 is 5.32 Å². The van der Waals surface area contributed by atoms with Gasteiger partial charge in [0.05, 0.1) is 13.0 Å². The fourth-order valence-electron chi connectivity index (χ4n) is 3.68. The number of rotatable bonds is 7. The quantitative estimate of drug-likeness (QED) is 0.409. The number of hydrogen-bond acceptors (Lipinski definition) is 3. The van der Waals surface area contributed by atoms with Crippen LogP contribution in [0.4, 0.5) is 4.39 Å². The van der Waals surface area contributed by atoms with E-state index in [0.29, 0.717) is 11.9 Å². The highest BCUT2D eigenvalue weighted by molar-refractivity contribution is 5.91. The first-order valence-electron chi connectivity index (χ1n) is 9.81. The minimum atomic E-state index is -0.806. The molecule has 2 heterocycles. The zero-order valence-electron chi connectivity index (χ0n) is 16.5. The summed E-state index contributed by atoms with van der Waals surface area (Å²) in [5.74, 6) is -1.13. The normalized spacial score (nSPS) is 12.2. The molecule has 0 spiro atoms. The van der Waals surface area contributed by atoms with Crippen molar-refractivity contribution in [1.82, 2.24) is 15.3 Å². The largest absolute Gasteiger partial charge is 0.464 e. The van der Waals surface area contributed by atoms with E-state index in [-0.39, 0.29) is 24.8 Å². The highest BCUT2D eigenvalue weighted by Crippen LogP contribution is 2.21. The van der Waals surface area contributed by atoms with Crippen molar-refractivity contribution < 1.29 is 18.7 Å². The van der Waals surface area contributed by atoms with Crippen molar-refractivity contribution >= 4 is 33.7 Å². The van der Waals surface area contributed by atoms with Gasteiger partial charge in [-0.25, -0.2) is 9.18 Å². The number of hydrogen-bond donors (Lipinski definition) is 3. The Kier molecular flexibility index (Phi) is 5.52. The molecule has 0 fully saturated rings. The average Bonchev–Trinajstić information content (AvgIpc) is 3.31. The summed E-state index contributed by atoms with van der Waals surface area (Å²) in [5, 5.41) is 4.58. The Hall–Kier alpha value is -3.61. The van der Waals surface area contributed by atoms with E-state index in [9.17, 15) is 14.0 Å². The zero-order valence-corrected chi connectivity index (χ0v) is 16.5. The lowest BCUT2D eigenvalue weighted by Gasteiger charge is -2.17. The predicted octanol–water partition coefficient (Wildman–Crippen LogP) is 3.62. The molecular weight excluding hydrogens is 385 g/mol. The minimum absolute atomic E-state index is 0.0649. The van der Waals surface area contributed by atoms with E-state index in [4.69, 9.17) is 4.74 Å². The third-order valence-electron chi connectivity index (χ3n) is 5.09. The summed E-state index contributed by atoms with van der Waals surface area (Å²) in [5.41, 5.74) is 3.25. The van der Waals surface area contributed by atoms with Crippen molar-refractivity contribution in [2.75, 3.05) is 6.61 Å². The molecule has 0 saturated carbocycles. The lowest BCUT2D eigenvalue weighted by Crippen LogP contribution is -2.44. The van der Waals surface area contributed by atoms with Crippen LogP contribution in [0.15, 0.2) is 54.9 Å². The van der Waals surface area contributed by atoms with Crippen molar-refractivity contribution in [3.8, 4) is 0 Å². The maximum absolute atomic E-state index is 13.4. The molecule has 3 N–H and O–H groups in total. The SMILES string of the molecule is CCOC(=O)C(Cc1c[nH]c2ccccc12)NC(=O)Cc1c[nH]c2cc(F)ccc12. The van der Waals surface area contributed by atoms with Crippen molar-refractivity contribution in [3.05, 3.63) is 71.8 Å². The Morgan fingerprint density at radius 1 is 1.03 bits per heavy atom. The maximum Gasteiger partial charge on any atom is 0.328 e. The molecule has 1 atom stereocenters. The van der Waals surface area contributed by atoms with Crippen LogP contribution in [0.5, 0.6) is 0 Å². The van der Waals surface area contributed by atoms with Crippen LogP contribution in [0.3, 0.4) is 0 Å². The molecule has 2 aromatic carbocycles. The number of para-hydroxylation sites is 1. The first-order chi connectivity index (χ1) is 14.5. The first-order valence-corrected chi connectivity index (χ1v) is 9.81. The molecule has 0 aliphatic carbocycles. The van der Waals surface area contributed by atoms with Crippen molar-refractivity contribution in [2.24, 2.45) is 0 Å². The number of aromatic amines is 2. The highest BCUT2D eigenvalue weighted by atomic mass is 19.1. The average molecular weight is 407 g/mol. The molecule has 2 aromatic heterocycles. The number of aromatic nitrogens is 2. The summed E-state index contributed by atoms with van der Waals surface area (Å²) in [6.07, 6.45) is 3.91. The highest BCUT2D eigenvalue weighted by Gasteiger charge is 2.24. The number of nitrogens with one attached hydrogen (secondary N) is 3. The Balaban J connectivity index is 1.52. The number of H-pyrrole nitrogens is 2. The Morgan fingerprint density at radius 3 is 2.60 bits per heavy atom. The van der Waals surface area contributed by atoms with Crippen molar-refractivity contribution in [2.45, 2.75) is 25.8 Å². The Morgan fingerprint density at radius 2 is 1.77 bits per heavy atom. The van der Waals surface area contributed by atoms with Gasteiger partial charge in [-0.05, 0) is 42.3 Å². The second-order valence-electron chi connectivity index (χ2n) is 7.12. The van der Waals surface area contributed by atoms with E-state index in [2.05, 4.69) is 15.3 Å². The van der Waals surface area contributed by atoms with Crippen molar-refractivity contribution in [1.29, 1.82) is 0 Å². The van der Waals surface area contributed by atoms with Crippen LogP contribution >= 0.6 is 0 Å². The van der Waals surface area contributed by atoms with Crippen LogP contribution in [0.2, 0.25) is 0 Å². The lowest BCUT2D eigenvalue weighted by atomic mass is 10.0. The number of esters is 1. The number of ether oxygens (including phenoxy) is 1. The van der Waals surface area contributed by atoms with Gasteiger partial charge in [0, 0.05) is 40.6 Å². The molecule has 0 bridgehead atoms. The van der Waals surface area contributed by atoms with Gasteiger partial charge >= 0.3 is 5.97 Å². The molecule has 7 heteroatoms. The molecule has 30 heavy (non-hydrogen) atoms. The summed E-state index contributed by atoms with van der Waals surface area (Å²) >= 11 is 0. The van der Waals surface area contributed by atoms with Gasteiger partial charge in [0.15, 0.2) is 0 Å². The van der Waals surface area contributed by atoms with Gasteiger partial charge in [0.1, 0.15) is 11.9 Å². The summed E-state index contributed by atoms with van der Waals surface area (Å²) < 4.78 is 18.6. The van der Waals surface area contributed by atoms with Crippen LogP contribution in [0, 0.1) is 5.82 Å². The Bertz CT molecular complexity index is 1210. The molecule has 4 rings (SSSR count). The molecule has 0 aliphatic rings. The molecular formula is C23H22FN3O3. The molecule has 1 unspecified atom stereocenters. The molecule has 0 saturated heterocycles. The second kappa shape index (κ2) is 8.41. The number of carbonyl (C=O) groups is 2. The van der Waals surface area contributed by atoms with Gasteiger partial charge in [-0.3, -0.25) is 4.79 Å². The monoisotopic (exact) mass is 407 g/mol. The summed E-state index contributed by atoms with van der Waals surface area (Å²) in [6.45, 7) is 1.96. The van der Waals surface area contributed by atoms with Gasteiger partial charge in [0.25, 0.3) is 0 Å². The number of fused-ring (bicyclic) bond motifs is 2. The van der Waals surface area contributed by atoms with E-state index in [0.717, 1.165) is 27.4 Å². The number of amides is 1. The molecule has 154 valence electrons. The standard InChI is InChI=1S/C23H22FN3O3/c1-2-30-23(29)21(9-14-12-25-19-6-4-3-5-17(14)19)27-22(28)10-15-13-26-20-11-16(24)7-8-18(15)20/h3-8,11-13,21,25-26H,2,9-10H2,1H3,(H,27,28). The Labute approximate surface area is 172 Å². The van der Waals surface area contributed by atoms with Gasteiger partial charge in [0.2, 0.25) is 5.91 Å². The number of halogens is 1. The van der Waals surface area contributed by atoms with E-state index in [1.165, 1.54) is 12.1 Å². The first kappa shape index (κ1) is 19.7. The lowest BCUT2D eigenvalue weighted by molar-refractivity contribution is -0.147. The fourth-order valence-corrected chi connectivity index (χ4v) is 3.68. The zero-order chi connectivity index (χ0) is 21.1. The van der Waals surface area contributed by atoms with Crippen LogP contribution in [-0.4, -0.2) is 34.5 Å². The molecule has 4 aromatic rings. The minimum Gasteiger partial charge on any atom is -0.464 e. The van der Waals surface area contributed by atoms with Gasteiger partial charge < -0.3 is 20.0 Å². The number of benzene rings is 2. The van der Waals surface area contributed by atoms with E-state index in [1.54, 1.807) is 19.2 Å². The third kappa shape index (κ3) is 4.05. The van der Waals surface area contributed by atoms with Crippen LogP contribution in [-0.2, 0) is 27.2 Å². The third-order valence-corrected chi connectivity index (χ3v) is 5.09. The topological polar surface area (TPSA) is 87.0 Å². The van der Waals surface area contributed by atoms with E-state index >= 15 is 0 Å².